The van der Waals surface area contributed by atoms with Crippen LogP contribution in [0.5, 0.6) is 0 Å². The number of nitrogens with one attached hydrogen (secondary N) is 1. The molecule has 0 aliphatic heterocycles. The van der Waals surface area contributed by atoms with Gasteiger partial charge in [0.1, 0.15) is 5.82 Å². The van der Waals surface area contributed by atoms with Crippen LogP contribution in [0.25, 0.3) is 0 Å². The molecule has 0 amide bonds. The normalized spacial score (nSPS) is 13.2. The summed E-state index contributed by atoms with van der Waals surface area (Å²) in [7, 11) is 1.55. The van der Waals surface area contributed by atoms with Gasteiger partial charge in [0.05, 0.1) is 11.6 Å². The van der Waals surface area contributed by atoms with Crippen molar-refractivity contribution in [3.63, 3.8) is 0 Å². The maximum Gasteiger partial charge on any atom is 0.416 e. The molecule has 0 heterocycles. The van der Waals surface area contributed by atoms with E-state index in [0.717, 1.165) is 12.1 Å². The van der Waals surface area contributed by atoms with Gasteiger partial charge in [0.25, 0.3) is 0 Å². The van der Waals surface area contributed by atoms with E-state index in [2.05, 4.69) is 5.32 Å². The Bertz CT molecular complexity index is 640. The minimum absolute atomic E-state index is 0.198. The van der Waals surface area contributed by atoms with E-state index >= 15 is 0 Å². The zero-order valence-electron chi connectivity index (χ0n) is 11.0. The van der Waals surface area contributed by atoms with Gasteiger partial charge in [-0.1, -0.05) is 23.7 Å². The molecular weight excluding hydrogens is 306 g/mol. The Morgan fingerprint density at radius 1 is 1.10 bits per heavy atom. The van der Waals surface area contributed by atoms with Crippen molar-refractivity contribution in [2.24, 2.45) is 0 Å². The van der Waals surface area contributed by atoms with E-state index in [1.165, 1.54) is 30.3 Å². The smallest absolute Gasteiger partial charge is 0.309 e. The highest BCUT2D eigenvalue weighted by Gasteiger charge is 2.31. The lowest BCUT2D eigenvalue weighted by atomic mass is 9.96. The molecule has 0 aromatic heterocycles. The van der Waals surface area contributed by atoms with Gasteiger partial charge >= 0.3 is 6.18 Å². The lowest BCUT2D eigenvalue weighted by molar-refractivity contribution is -0.137. The summed E-state index contributed by atoms with van der Waals surface area (Å²) < 4.78 is 52.2. The van der Waals surface area contributed by atoms with E-state index in [1.807, 2.05) is 0 Å². The van der Waals surface area contributed by atoms with Crippen LogP contribution in [0.3, 0.4) is 0 Å². The molecule has 2 aromatic carbocycles. The standard InChI is InChI=1S/C15H12ClF4N/c1-21-14(12-8-11(16)5-6-13(12)17)9-3-2-4-10(7-9)15(18,19)20/h2-8,14,21H,1H3. The van der Waals surface area contributed by atoms with Crippen LogP contribution in [0.4, 0.5) is 17.6 Å². The van der Waals surface area contributed by atoms with E-state index in [1.54, 1.807) is 7.05 Å². The second-order valence-electron chi connectivity index (χ2n) is 4.51. The van der Waals surface area contributed by atoms with E-state index < -0.39 is 23.6 Å². The molecule has 1 atom stereocenters. The zero-order valence-corrected chi connectivity index (χ0v) is 11.8. The fourth-order valence-corrected chi connectivity index (χ4v) is 2.31. The molecule has 2 aromatic rings. The van der Waals surface area contributed by atoms with Crippen molar-refractivity contribution in [1.29, 1.82) is 0 Å². The first-order valence-corrected chi connectivity index (χ1v) is 6.50. The van der Waals surface area contributed by atoms with Gasteiger partial charge in [-0.05, 0) is 42.9 Å². The van der Waals surface area contributed by atoms with Crippen molar-refractivity contribution < 1.29 is 17.6 Å². The zero-order chi connectivity index (χ0) is 15.6. The molecule has 0 saturated carbocycles. The summed E-state index contributed by atoms with van der Waals surface area (Å²) >= 11 is 5.83. The van der Waals surface area contributed by atoms with Crippen molar-refractivity contribution in [3.05, 3.63) is 70.0 Å². The van der Waals surface area contributed by atoms with Crippen LogP contribution in [0, 0.1) is 5.82 Å². The molecule has 0 saturated heterocycles. The minimum Gasteiger partial charge on any atom is -0.309 e. The van der Waals surface area contributed by atoms with Crippen LogP contribution < -0.4 is 5.32 Å². The van der Waals surface area contributed by atoms with Gasteiger partial charge in [0.2, 0.25) is 0 Å². The molecule has 1 unspecified atom stereocenters. The summed E-state index contributed by atoms with van der Waals surface area (Å²) in [6.07, 6.45) is -4.44. The molecule has 21 heavy (non-hydrogen) atoms. The molecule has 1 N–H and O–H groups in total. The lowest BCUT2D eigenvalue weighted by Crippen LogP contribution is -2.19. The van der Waals surface area contributed by atoms with E-state index in [4.69, 9.17) is 11.6 Å². The number of rotatable bonds is 3. The summed E-state index contributed by atoms with van der Waals surface area (Å²) in [6.45, 7) is 0. The molecular formula is C15H12ClF4N. The van der Waals surface area contributed by atoms with Crippen molar-refractivity contribution in [2.45, 2.75) is 12.2 Å². The fraction of sp³-hybridized carbons (Fsp3) is 0.200. The molecule has 0 fully saturated rings. The second-order valence-corrected chi connectivity index (χ2v) is 4.95. The van der Waals surface area contributed by atoms with E-state index in [0.29, 0.717) is 10.6 Å². The maximum atomic E-state index is 13.9. The van der Waals surface area contributed by atoms with E-state index in [-0.39, 0.29) is 5.56 Å². The van der Waals surface area contributed by atoms with Crippen LogP contribution in [0.1, 0.15) is 22.7 Å². The van der Waals surface area contributed by atoms with Crippen molar-refractivity contribution in [2.75, 3.05) is 7.05 Å². The number of benzene rings is 2. The summed E-state index contributed by atoms with van der Waals surface area (Å²) in [5, 5.41) is 3.13. The van der Waals surface area contributed by atoms with Gasteiger partial charge in [-0.15, -0.1) is 0 Å². The fourth-order valence-electron chi connectivity index (χ4n) is 2.13. The number of hydrogen-bond donors (Lipinski definition) is 1. The predicted octanol–water partition coefficient (Wildman–Crippen LogP) is 4.81. The number of alkyl halides is 3. The van der Waals surface area contributed by atoms with Gasteiger partial charge in [-0.25, -0.2) is 4.39 Å². The highest BCUT2D eigenvalue weighted by molar-refractivity contribution is 6.30. The lowest BCUT2D eigenvalue weighted by Gasteiger charge is -2.19. The third-order valence-electron chi connectivity index (χ3n) is 3.11. The van der Waals surface area contributed by atoms with Gasteiger partial charge in [-0.3, -0.25) is 0 Å². The monoisotopic (exact) mass is 317 g/mol. The first-order valence-electron chi connectivity index (χ1n) is 6.12. The second kappa shape index (κ2) is 6.03. The average molecular weight is 318 g/mol. The number of hydrogen-bond acceptors (Lipinski definition) is 1. The predicted molar refractivity (Wildman–Crippen MR) is 73.8 cm³/mol. The molecule has 6 heteroatoms. The van der Waals surface area contributed by atoms with Gasteiger partial charge in [0, 0.05) is 10.6 Å². The molecule has 1 nitrogen and oxygen atoms in total. The Kier molecular flexibility index (Phi) is 4.54. The van der Waals surface area contributed by atoms with Gasteiger partial charge in [-0.2, -0.15) is 13.2 Å². The molecule has 112 valence electrons. The SMILES string of the molecule is CNC(c1cccc(C(F)(F)F)c1)c1cc(Cl)ccc1F. The molecule has 2 rings (SSSR count). The summed E-state index contributed by atoms with van der Waals surface area (Å²) in [6, 6.07) is 8.05. The summed E-state index contributed by atoms with van der Waals surface area (Å²) in [5.74, 6) is -0.531. The Labute approximate surface area is 124 Å². The highest BCUT2D eigenvalue weighted by Crippen LogP contribution is 2.33. The van der Waals surface area contributed by atoms with Crippen LogP contribution in [0.15, 0.2) is 42.5 Å². The van der Waals surface area contributed by atoms with Crippen molar-refractivity contribution in [1.82, 2.24) is 5.32 Å². The van der Waals surface area contributed by atoms with Gasteiger partial charge < -0.3 is 5.32 Å². The molecule has 0 aliphatic rings. The quantitative estimate of drug-likeness (QED) is 0.801. The van der Waals surface area contributed by atoms with Crippen LogP contribution in [-0.2, 0) is 6.18 Å². The van der Waals surface area contributed by atoms with Crippen LogP contribution in [-0.4, -0.2) is 7.05 Å². The van der Waals surface area contributed by atoms with Gasteiger partial charge in [0.15, 0.2) is 0 Å². The first kappa shape index (κ1) is 15.8. The van der Waals surface area contributed by atoms with Crippen molar-refractivity contribution >= 4 is 11.6 Å². The molecule has 0 radical (unpaired) electrons. The number of halogens is 5. The van der Waals surface area contributed by atoms with Crippen LogP contribution in [0.2, 0.25) is 5.02 Å². The topological polar surface area (TPSA) is 12.0 Å². The first-order chi connectivity index (χ1) is 9.82. The van der Waals surface area contributed by atoms with Crippen molar-refractivity contribution in [3.8, 4) is 0 Å². The Morgan fingerprint density at radius 2 is 1.81 bits per heavy atom. The Hall–Kier alpha value is -1.59. The molecule has 0 bridgehead atoms. The van der Waals surface area contributed by atoms with E-state index in [9.17, 15) is 17.6 Å². The summed E-state index contributed by atoms with van der Waals surface area (Å²) in [5.41, 5.74) is -0.263. The maximum absolute atomic E-state index is 13.9. The minimum atomic E-state index is -4.44. The van der Waals surface area contributed by atoms with Crippen LogP contribution >= 0.6 is 11.6 Å². The molecule has 0 spiro atoms. The summed E-state index contributed by atoms with van der Waals surface area (Å²) in [4.78, 5) is 0. The molecule has 0 aliphatic carbocycles. The Morgan fingerprint density at radius 3 is 2.43 bits per heavy atom. The third kappa shape index (κ3) is 3.54. The highest BCUT2D eigenvalue weighted by atomic mass is 35.5. The Balaban J connectivity index is 2.49. The largest absolute Gasteiger partial charge is 0.416 e. The third-order valence-corrected chi connectivity index (χ3v) is 3.34. The average Bonchev–Trinajstić information content (AvgIpc) is 2.43.